The Labute approximate surface area is 137 Å². The molecule has 0 amide bonds. The molecule has 0 saturated carbocycles. The Morgan fingerprint density at radius 3 is 2.48 bits per heavy atom. The van der Waals surface area contributed by atoms with Crippen LogP contribution >= 0.6 is 0 Å². The molecule has 2 rings (SSSR count). The predicted octanol–water partition coefficient (Wildman–Crippen LogP) is 1.24. The largest absolute Gasteiger partial charge is 0.491 e. The maximum Gasteiger partial charge on any atom is 0.119 e. The maximum atomic E-state index is 9.85. The number of para-hydroxylation sites is 1. The van der Waals surface area contributed by atoms with Gasteiger partial charge in [0.05, 0.1) is 0 Å². The second-order valence-electron chi connectivity index (χ2n) is 5.34. The average Bonchev–Trinajstić information content (AvgIpc) is 2.61. The van der Waals surface area contributed by atoms with E-state index in [9.17, 15) is 5.11 Å². The van der Waals surface area contributed by atoms with Gasteiger partial charge in [0.1, 0.15) is 18.5 Å². The van der Waals surface area contributed by atoms with Crippen LogP contribution in [-0.4, -0.2) is 49.0 Å². The third-order valence-corrected chi connectivity index (χ3v) is 3.38. The number of nitrogens with one attached hydrogen (secondary N) is 2. The average molecular weight is 315 g/mol. The molecule has 0 bridgehead atoms. The topological polar surface area (TPSA) is 66.4 Å². The Morgan fingerprint density at radius 1 is 0.957 bits per heavy atom. The summed E-state index contributed by atoms with van der Waals surface area (Å²) in [6.07, 6.45) is 4.12. The first-order valence-corrected chi connectivity index (χ1v) is 8.01. The molecule has 0 spiro atoms. The number of aliphatic hydroxyl groups is 1. The van der Waals surface area contributed by atoms with Crippen molar-refractivity contribution in [3.05, 3.63) is 60.4 Å². The lowest BCUT2D eigenvalue weighted by molar-refractivity contribution is 0.106. The molecular weight excluding hydrogens is 290 g/mol. The van der Waals surface area contributed by atoms with Gasteiger partial charge in [0, 0.05) is 32.0 Å². The Hall–Kier alpha value is -1.95. The number of benzene rings is 1. The van der Waals surface area contributed by atoms with Gasteiger partial charge in [-0.25, -0.2) is 0 Å². The summed E-state index contributed by atoms with van der Waals surface area (Å²) in [7, 11) is 0. The van der Waals surface area contributed by atoms with Gasteiger partial charge in [-0.15, -0.1) is 0 Å². The van der Waals surface area contributed by atoms with Crippen LogP contribution in [0.5, 0.6) is 5.75 Å². The number of aromatic nitrogens is 1. The molecule has 1 aromatic heterocycles. The first-order valence-electron chi connectivity index (χ1n) is 8.01. The fraction of sp³-hybridized carbons (Fsp3) is 0.389. The number of ether oxygens (including phenoxy) is 1. The van der Waals surface area contributed by atoms with Crippen molar-refractivity contribution < 1.29 is 9.84 Å². The van der Waals surface area contributed by atoms with Gasteiger partial charge in [-0.05, 0) is 42.8 Å². The molecule has 1 aromatic carbocycles. The molecule has 5 heteroatoms. The predicted molar refractivity (Wildman–Crippen MR) is 91.6 cm³/mol. The number of aliphatic hydroxyl groups excluding tert-OH is 1. The van der Waals surface area contributed by atoms with Crippen LogP contribution in [0.2, 0.25) is 0 Å². The van der Waals surface area contributed by atoms with E-state index >= 15 is 0 Å². The molecule has 23 heavy (non-hydrogen) atoms. The third-order valence-electron chi connectivity index (χ3n) is 3.38. The maximum absolute atomic E-state index is 9.85. The summed E-state index contributed by atoms with van der Waals surface area (Å²) in [5.74, 6) is 0.782. The summed E-state index contributed by atoms with van der Waals surface area (Å²) in [4.78, 5) is 4.00. The molecule has 1 atom stereocenters. The monoisotopic (exact) mass is 315 g/mol. The van der Waals surface area contributed by atoms with Crippen LogP contribution in [-0.2, 0) is 6.42 Å². The summed E-state index contributed by atoms with van der Waals surface area (Å²) < 4.78 is 5.50. The summed E-state index contributed by atoms with van der Waals surface area (Å²) >= 11 is 0. The van der Waals surface area contributed by atoms with E-state index < -0.39 is 6.10 Å². The Bertz CT molecular complexity index is 522. The standard InChI is InChI=1S/C18H25N3O2/c22-17(15-23-18-4-2-1-3-5-18)14-21-13-12-20-11-8-16-6-9-19-10-7-16/h1-7,9-10,17,20-22H,8,11-15H2. The first kappa shape index (κ1) is 17.4. The van der Waals surface area contributed by atoms with Crippen LogP contribution in [0.15, 0.2) is 54.9 Å². The van der Waals surface area contributed by atoms with Gasteiger partial charge < -0.3 is 20.5 Å². The van der Waals surface area contributed by atoms with Crippen molar-refractivity contribution in [1.29, 1.82) is 0 Å². The van der Waals surface area contributed by atoms with Crippen molar-refractivity contribution >= 4 is 0 Å². The highest BCUT2D eigenvalue weighted by molar-refractivity contribution is 5.20. The van der Waals surface area contributed by atoms with Gasteiger partial charge in [0.2, 0.25) is 0 Å². The molecule has 0 aliphatic heterocycles. The number of hydrogen-bond donors (Lipinski definition) is 3. The molecule has 0 saturated heterocycles. The number of pyridine rings is 1. The van der Waals surface area contributed by atoms with Gasteiger partial charge in [0.15, 0.2) is 0 Å². The number of nitrogens with zero attached hydrogens (tertiary/aromatic N) is 1. The van der Waals surface area contributed by atoms with Crippen LogP contribution < -0.4 is 15.4 Å². The molecule has 0 aliphatic carbocycles. The highest BCUT2D eigenvalue weighted by Crippen LogP contribution is 2.08. The Morgan fingerprint density at radius 2 is 1.70 bits per heavy atom. The summed E-state index contributed by atoms with van der Waals surface area (Å²) in [5, 5.41) is 16.4. The van der Waals surface area contributed by atoms with E-state index in [1.54, 1.807) is 0 Å². The zero-order valence-corrected chi connectivity index (χ0v) is 13.3. The lowest BCUT2D eigenvalue weighted by Gasteiger charge is -2.13. The van der Waals surface area contributed by atoms with E-state index in [0.29, 0.717) is 13.2 Å². The molecule has 124 valence electrons. The minimum Gasteiger partial charge on any atom is -0.491 e. The molecule has 1 unspecified atom stereocenters. The third kappa shape index (κ3) is 7.74. The normalized spacial score (nSPS) is 12.0. The van der Waals surface area contributed by atoms with E-state index in [2.05, 4.69) is 15.6 Å². The quantitative estimate of drug-likeness (QED) is 0.545. The van der Waals surface area contributed by atoms with Crippen LogP contribution in [0.4, 0.5) is 0 Å². The van der Waals surface area contributed by atoms with E-state index in [1.165, 1.54) is 5.56 Å². The number of hydrogen-bond acceptors (Lipinski definition) is 5. The molecule has 0 radical (unpaired) electrons. The molecule has 5 nitrogen and oxygen atoms in total. The first-order chi connectivity index (χ1) is 11.3. The fourth-order valence-electron chi connectivity index (χ4n) is 2.12. The van der Waals surface area contributed by atoms with Crippen molar-refractivity contribution in [2.45, 2.75) is 12.5 Å². The van der Waals surface area contributed by atoms with Crippen LogP contribution in [0.25, 0.3) is 0 Å². The van der Waals surface area contributed by atoms with Gasteiger partial charge in [-0.1, -0.05) is 18.2 Å². The zero-order chi connectivity index (χ0) is 16.2. The van der Waals surface area contributed by atoms with E-state index in [0.717, 1.165) is 31.8 Å². The van der Waals surface area contributed by atoms with E-state index in [-0.39, 0.29) is 0 Å². The molecule has 0 aliphatic rings. The molecular formula is C18H25N3O2. The summed E-state index contributed by atoms with van der Waals surface area (Å²) in [6, 6.07) is 13.6. The van der Waals surface area contributed by atoms with Gasteiger partial charge in [-0.2, -0.15) is 0 Å². The highest BCUT2D eigenvalue weighted by Gasteiger charge is 2.04. The van der Waals surface area contributed by atoms with E-state index in [4.69, 9.17) is 4.74 Å². The molecule has 2 aromatic rings. The van der Waals surface area contributed by atoms with E-state index in [1.807, 2.05) is 54.9 Å². The van der Waals surface area contributed by atoms with Gasteiger partial charge in [0.25, 0.3) is 0 Å². The smallest absolute Gasteiger partial charge is 0.119 e. The zero-order valence-electron chi connectivity index (χ0n) is 13.3. The lowest BCUT2D eigenvalue weighted by atomic mass is 10.2. The second-order valence-corrected chi connectivity index (χ2v) is 5.34. The summed E-state index contributed by atoms with van der Waals surface area (Å²) in [5.41, 5.74) is 1.29. The number of rotatable bonds is 11. The minimum atomic E-state index is -0.507. The van der Waals surface area contributed by atoms with Crippen molar-refractivity contribution in [3.63, 3.8) is 0 Å². The van der Waals surface area contributed by atoms with Crippen molar-refractivity contribution in [1.82, 2.24) is 15.6 Å². The minimum absolute atomic E-state index is 0.298. The van der Waals surface area contributed by atoms with Gasteiger partial charge in [-0.3, -0.25) is 4.98 Å². The lowest BCUT2D eigenvalue weighted by Crippen LogP contribution is -2.35. The molecule has 0 fully saturated rings. The second kappa shape index (κ2) is 10.7. The van der Waals surface area contributed by atoms with Crippen LogP contribution in [0.1, 0.15) is 5.56 Å². The van der Waals surface area contributed by atoms with Crippen LogP contribution in [0.3, 0.4) is 0 Å². The van der Waals surface area contributed by atoms with Crippen LogP contribution in [0, 0.1) is 0 Å². The fourth-order valence-corrected chi connectivity index (χ4v) is 2.12. The Balaban J connectivity index is 1.44. The molecule has 1 heterocycles. The van der Waals surface area contributed by atoms with Crippen molar-refractivity contribution in [3.8, 4) is 5.75 Å². The highest BCUT2D eigenvalue weighted by atomic mass is 16.5. The van der Waals surface area contributed by atoms with Gasteiger partial charge >= 0.3 is 0 Å². The van der Waals surface area contributed by atoms with Crippen molar-refractivity contribution in [2.75, 3.05) is 32.8 Å². The SMILES string of the molecule is OC(CNCCNCCc1ccncc1)COc1ccccc1. The summed E-state index contributed by atoms with van der Waals surface area (Å²) in [6.45, 7) is 3.45. The van der Waals surface area contributed by atoms with Crippen molar-refractivity contribution in [2.24, 2.45) is 0 Å². The Kier molecular flexibility index (Phi) is 8.11. The molecule has 3 N–H and O–H groups in total.